The average molecular weight is 369 g/mol. The van der Waals surface area contributed by atoms with Crippen LogP contribution in [0.15, 0.2) is 23.4 Å². The van der Waals surface area contributed by atoms with Crippen molar-refractivity contribution in [3.05, 3.63) is 34.8 Å². The number of aryl methyl sites for hydroxylation is 1. The van der Waals surface area contributed by atoms with Gasteiger partial charge < -0.3 is 20.4 Å². The summed E-state index contributed by atoms with van der Waals surface area (Å²) in [6.45, 7) is 4.10. The maximum Gasteiger partial charge on any atom is 0.280 e. The van der Waals surface area contributed by atoms with Crippen molar-refractivity contribution in [1.29, 1.82) is 5.41 Å². The van der Waals surface area contributed by atoms with Crippen molar-refractivity contribution < 1.29 is 4.74 Å². The summed E-state index contributed by atoms with van der Waals surface area (Å²) in [5.41, 5.74) is 1.34. The number of aromatic amines is 1. The number of rotatable bonds is 7. The van der Waals surface area contributed by atoms with Crippen LogP contribution in [0.1, 0.15) is 32.0 Å². The highest BCUT2D eigenvalue weighted by molar-refractivity contribution is 6.07. The van der Waals surface area contributed by atoms with E-state index in [-0.39, 0.29) is 11.7 Å². The summed E-state index contributed by atoms with van der Waals surface area (Å²) in [7, 11) is 0. The molecule has 1 unspecified atom stereocenters. The monoisotopic (exact) mass is 369 g/mol. The number of nitrogens with zero attached hydrogens (tertiary/aromatic N) is 4. The molecule has 0 bridgehead atoms. The maximum atomic E-state index is 12.9. The number of hydrogen-bond acceptors (Lipinski definition) is 6. The van der Waals surface area contributed by atoms with E-state index >= 15 is 0 Å². The molecule has 3 aromatic heterocycles. The summed E-state index contributed by atoms with van der Waals surface area (Å²) in [6, 6.07) is 0. The van der Waals surface area contributed by atoms with Crippen LogP contribution in [0.2, 0.25) is 0 Å². The Morgan fingerprint density at radius 3 is 3.19 bits per heavy atom. The van der Waals surface area contributed by atoms with Crippen LogP contribution in [-0.4, -0.2) is 49.4 Å². The first kappa shape index (κ1) is 17.5. The van der Waals surface area contributed by atoms with Gasteiger partial charge in [0.2, 0.25) is 5.78 Å². The van der Waals surface area contributed by atoms with Crippen LogP contribution >= 0.6 is 0 Å². The molecule has 3 N–H and O–H groups in total. The van der Waals surface area contributed by atoms with Crippen molar-refractivity contribution >= 4 is 28.7 Å². The molecular formula is C18H23N7O2. The fourth-order valence-corrected chi connectivity index (χ4v) is 3.42. The topological polar surface area (TPSA) is 113 Å². The van der Waals surface area contributed by atoms with Gasteiger partial charge >= 0.3 is 0 Å². The van der Waals surface area contributed by atoms with E-state index in [4.69, 9.17) is 10.1 Å². The molecule has 27 heavy (non-hydrogen) atoms. The minimum Gasteiger partial charge on any atom is -0.388 e. The standard InChI is InChI=1S/C18H23N7O2/c1-2-6-25-17(26)14-16(24-7-5-21-18(24)25)23-15(22-14)12(9-19)10-20-11-13-4-3-8-27-13/h5,7,9-10,13,19-20H,2-4,6,8,11H2,1H3,(H,22,23)/b12-10+,19-9?. The second kappa shape index (κ2) is 7.36. The van der Waals surface area contributed by atoms with Crippen molar-refractivity contribution in [2.45, 2.75) is 38.8 Å². The number of fused-ring (bicyclic) bond motifs is 3. The van der Waals surface area contributed by atoms with Gasteiger partial charge in [-0.25, -0.2) is 9.97 Å². The lowest BCUT2D eigenvalue weighted by Gasteiger charge is -2.09. The lowest BCUT2D eigenvalue weighted by atomic mass is 10.2. The van der Waals surface area contributed by atoms with Crippen molar-refractivity contribution in [2.24, 2.45) is 0 Å². The lowest BCUT2D eigenvalue weighted by molar-refractivity contribution is 0.113. The Balaban J connectivity index is 1.72. The van der Waals surface area contributed by atoms with Crippen LogP contribution in [0.4, 0.5) is 0 Å². The molecule has 0 amide bonds. The smallest absolute Gasteiger partial charge is 0.280 e. The van der Waals surface area contributed by atoms with Gasteiger partial charge in [0.15, 0.2) is 11.2 Å². The summed E-state index contributed by atoms with van der Waals surface area (Å²) >= 11 is 0. The predicted molar refractivity (Wildman–Crippen MR) is 103 cm³/mol. The SMILES string of the molecule is CCCn1c(=O)c2[nH]c(/C(C=N)=C/NCC3CCCO3)nc2n2ccnc12. The third kappa shape index (κ3) is 3.14. The summed E-state index contributed by atoms with van der Waals surface area (Å²) in [5.74, 6) is 1.05. The zero-order valence-electron chi connectivity index (χ0n) is 15.2. The summed E-state index contributed by atoms with van der Waals surface area (Å²) in [4.78, 5) is 24.8. The van der Waals surface area contributed by atoms with E-state index in [9.17, 15) is 4.79 Å². The fraction of sp³-hybridized carbons (Fsp3) is 0.444. The first-order valence-corrected chi connectivity index (χ1v) is 9.24. The van der Waals surface area contributed by atoms with E-state index in [2.05, 4.69) is 20.3 Å². The molecule has 9 nitrogen and oxygen atoms in total. The summed E-state index contributed by atoms with van der Waals surface area (Å²) in [6.07, 6.45) is 9.56. The zero-order chi connectivity index (χ0) is 18.8. The number of aromatic nitrogens is 5. The normalized spacial score (nSPS) is 17.8. The number of H-pyrrole nitrogens is 1. The molecule has 0 aromatic carbocycles. The number of hydrogen-bond donors (Lipinski definition) is 3. The van der Waals surface area contributed by atoms with E-state index in [1.54, 1.807) is 27.6 Å². The quantitative estimate of drug-likeness (QED) is 0.547. The predicted octanol–water partition coefficient (Wildman–Crippen LogP) is 1.54. The Morgan fingerprint density at radius 2 is 2.44 bits per heavy atom. The van der Waals surface area contributed by atoms with Crippen LogP contribution in [0.5, 0.6) is 0 Å². The fourth-order valence-electron chi connectivity index (χ4n) is 3.42. The molecule has 0 radical (unpaired) electrons. The lowest BCUT2D eigenvalue weighted by Crippen LogP contribution is -2.23. The molecule has 4 rings (SSSR count). The first-order valence-electron chi connectivity index (χ1n) is 9.24. The molecule has 9 heteroatoms. The molecule has 1 fully saturated rings. The van der Waals surface area contributed by atoms with E-state index < -0.39 is 0 Å². The molecular weight excluding hydrogens is 346 g/mol. The molecule has 0 spiro atoms. The highest BCUT2D eigenvalue weighted by Gasteiger charge is 2.17. The second-order valence-corrected chi connectivity index (χ2v) is 6.63. The second-order valence-electron chi connectivity index (χ2n) is 6.63. The largest absolute Gasteiger partial charge is 0.388 e. The Hall–Kier alpha value is -2.94. The van der Waals surface area contributed by atoms with Crippen molar-refractivity contribution in [2.75, 3.05) is 13.2 Å². The van der Waals surface area contributed by atoms with Gasteiger partial charge in [0.1, 0.15) is 5.82 Å². The first-order chi connectivity index (χ1) is 13.2. The maximum absolute atomic E-state index is 12.9. The van der Waals surface area contributed by atoms with Gasteiger partial charge in [0.25, 0.3) is 5.56 Å². The van der Waals surface area contributed by atoms with Crippen LogP contribution < -0.4 is 10.9 Å². The molecule has 3 aromatic rings. The Labute approximate surface area is 155 Å². The van der Waals surface area contributed by atoms with Gasteiger partial charge in [-0.2, -0.15) is 0 Å². The minimum atomic E-state index is -0.152. The van der Waals surface area contributed by atoms with Crippen LogP contribution in [0.25, 0.3) is 22.5 Å². The Kier molecular flexibility index (Phi) is 4.76. The number of imidazole rings is 2. The van der Waals surface area contributed by atoms with Crippen molar-refractivity contribution in [3.8, 4) is 0 Å². The van der Waals surface area contributed by atoms with E-state index in [1.165, 1.54) is 6.21 Å². The van der Waals surface area contributed by atoms with Gasteiger partial charge in [0.05, 0.1) is 11.7 Å². The van der Waals surface area contributed by atoms with Crippen molar-refractivity contribution in [3.63, 3.8) is 0 Å². The van der Waals surface area contributed by atoms with Gasteiger partial charge in [-0.05, 0) is 19.3 Å². The Morgan fingerprint density at radius 1 is 1.56 bits per heavy atom. The van der Waals surface area contributed by atoms with Gasteiger partial charge in [-0.1, -0.05) is 6.92 Å². The van der Waals surface area contributed by atoms with Crippen molar-refractivity contribution in [1.82, 2.24) is 29.2 Å². The molecule has 1 aliphatic heterocycles. The summed E-state index contributed by atoms with van der Waals surface area (Å²) in [5, 5.41) is 10.9. The third-order valence-corrected chi connectivity index (χ3v) is 4.74. The van der Waals surface area contributed by atoms with Gasteiger partial charge in [0, 0.05) is 44.5 Å². The van der Waals surface area contributed by atoms with E-state index in [0.717, 1.165) is 25.9 Å². The van der Waals surface area contributed by atoms with Gasteiger partial charge in [-0.3, -0.25) is 13.8 Å². The van der Waals surface area contributed by atoms with Crippen LogP contribution in [0.3, 0.4) is 0 Å². The van der Waals surface area contributed by atoms with Gasteiger partial charge in [-0.15, -0.1) is 0 Å². The highest BCUT2D eigenvalue weighted by Crippen LogP contribution is 2.16. The molecule has 1 saturated heterocycles. The average Bonchev–Trinajstić information content (AvgIpc) is 3.42. The minimum absolute atomic E-state index is 0.152. The highest BCUT2D eigenvalue weighted by atomic mass is 16.5. The molecule has 0 aliphatic carbocycles. The third-order valence-electron chi connectivity index (χ3n) is 4.74. The number of allylic oxidation sites excluding steroid dienone is 1. The van der Waals surface area contributed by atoms with E-state index in [0.29, 0.717) is 41.4 Å². The molecule has 1 atom stereocenters. The molecule has 142 valence electrons. The summed E-state index contributed by atoms with van der Waals surface area (Å²) < 4.78 is 9.03. The number of ether oxygens (including phenoxy) is 1. The van der Waals surface area contributed by atoms with Crippen LogP contribution in [0, 0.1) is 5.41 Å². The molecule has 4 heterocycles. The van der Waals surface area contributed by atoms with E-state index in [1.807, 2.05) is 6.92 Å². The molecule has 0 saturated carbocycles. The zero-order valence-corrected chi connectivity index (χ0v) is 15.2. The number of nitrogens with one attached hydrogen (secondary N) is 3. The Bertz CT molecular complexity index is 1050. The molecule has 1 aliphatic rings. The van der Waals surface area contributed by atoms with Crippen LogP contribution in [-0.2, 0) is 11.3 Å².